The number of nitrogens with one attached hydrogen (secondary N) is 1. The van der Waals surface area contributed by atoms with Crippen molar-refractivity contribution in [2.75, 3.05) is 5.32 Å². The molecule has 0 saturated carbocycles. The number of rotatable bonds is 2. The van der Waals surface area contributed by atoms with E-state index >= 15 is 0 Å². The summed E-state index contributed by atoms with van der Waals surface area (Å²) in [6.07, 6.45) is 0. The molecule has 1 aromatic heterocycles. The average Bonchev–Trinajstić information content (AvgIpc) is 2.57. The van der Waals surface area contributed by atoms with E-state index in [-0.39, 0.29) is 5.91 Å². The number of anilines is 1. The van der Waals surface area contributed by atoms with Crippen LogP contribution in [0.25, 0.3) is 0 Å². The number of aryl methyl sites for hydroxylation is 3. The van der Waals surface area contributed by atoms with Gasteiger partial charge in [-0.05, 0) is 56.2 Å². The molecular formula is C14H14BrNOS. The van der Waals surface area contributed by atoms with E-state index in [2.05, 4.69) is 21.2 Å². The number of carbonyl (C=O) groups is 1. The Morgan fingerprint density at radius 2 is 1.89 bits per heavy atom. The van der Waals surface area contributed by atoms with Crippen LogP contribution in [0.4, 0.5) is 5.69 Å². The third-order valence-corrected chi connectivity index (χ3v) is 4.30. The van der Waals surface area contributed by atoms with Crippen LogP contribution >= 0.6 is 27.3 Å². The molecule has 0 spiro atoms. The molecule has 1 aromatic carbocycles. The molecule has 2 aromatic rings. The van der Waals surface area contributed by atoms with Gasteiger partial charge in [-0.25, -0.2) is 0 Å². The summed E-state index contributed by atoms with van der Waals surface area (Å²) in [5.41, 5.74) is 3.09. The highest BCUT2D eigenvalue weighted by atomic mass is 79.9. The number of benzene rings is 1. The Labute approximate surface area is 119 Å². The Morgan fingerprint density at radius 1 is 1.17 bits per heavy atom. The van der Waals surface area contributed by atoms with Crippen LogP contribution in [0.5, 0.6) is 0 Å². The van der Waals surface area contributed by atoms with Gasteiger partial charge in [-0.3, -0.25) is 4.79 Å². The molecule has 0 atom stereocenters. The number of hydrogen-bond acceptors (Lipinski definition) is 2. The van der Waals surface area contributed by atoms with Crippen molar-refractivity contribution < 1.29 is 4.79 Å². The highest BCUT2D eigenvalue weighted by Crippen LogP contribution is 2.23. The second-order valence-corrected chi connectivity index (χ2v) is 6.49. The summed E-state index contributed by atoms with van der Waals surface area (Å²) < 4.78 is 0.969. The van der Waals surface area contributed by atoms with E-state index in [1.165, 1.54) is 16.2 Å². The second kappa shape index (κ2) is 5.24. The maximum Gasteiger partial charge on any atom is 0.265 e. The van der Waals surface area contributed by atoms with Gasteiger partial charge in [0.1, 0.15) is 0 Å². The lowest BCUT2D eigenvalue weighted by Crippen LogP contribution is -2.10. The monoisotopic (exact) mass is 323 g/mol. The van der Waals surface area contributed by atoms with Crippen LogP contribution in [0.2, 0.25) is 0 Å². The van der Waals surface area contributed by atoms with E-state index in [9.17, 15) is 4.79 Å². The summed E-state index contributed by atoms with van der Waals surface area (Å²) >= 11 is 4.95. The number of carbonyl (C=O) groups excluding carboxylic acids is 1. The summed E-state index contributed by atoms with van der Waals surface area (Å²) in [5, 5.41) is 2.92. The molecular weight excluding hydrogens is 310 g/mol. The van der Waals surface area contributed by atoms with E-state index in [1.54, 1.807) is 0 Å². The fourth-order valence-electron chi connectivity index (χ4n) is 1.69. The third-order valence-electron chi connectivity index (χ3n) is 2.69. The molecule has 0 bridgehead atoms. The van der Waals surface area contributed by atoms with Crippen LogP contribution in [-0.4, -0.2) is 5.91 Å². The zero-order chi connectivity index (χ0) is 13.3. The van der Waals surface area contributed by atoms with Crippen LogP contribution in [0.3, 0.4) is 0 Å². The van der Waals surface area contributed by atoms with Crippen molar-refractivity contribution in [3.05, 3.63) is 49.6 Å². The molecule has 1 heterocycles. The van der Waals surface area contributed by atoms with Gasteiger partial charge in [-0.15, -0.1) is 11.3 Å². The molecule has 0 unspecified atom stereocenters. The molecule has 1 amide bonds. The molecule has 0 radical (unpaired) electrons. The highest BCUT2D eigenvalue weighted by Gasteiger charge is 2.11. The first-order valence-corrected chi connectivity index (χ1v) is 7.22. The zero-order valence-corrected chi connectivity index (χ0v) is 12.9. The topological polar surface area (TPSA) is 29.1 Å². The fraction of sp³-hybridized carbons (Fsp3) is 0.214. The number of hydrogen-bond donors (Lipinski definition) is 1. The maximum absolute atomic E-state index is 12.1. The van der Waals surface area contributed by atoms with Gasteiger partial charge in [0.05, 0.1) is 4.88 Å². The predicted octanol–water partition coefficient (Wildman–Crippen LogP) is 4.69. The van der Waals surface area contributed by atoms with Gasteiger partial charge in [0.25, 0.3) is 5.91 Å². The SMILES string of the molecule is Cc1cc(Br)cc(NC(=O)c2cc(C)c(C)s2)c1. The van der Waals surface area contributed by atoms with Crippen molar-refractivity contribution in [2.24, 2.45) is 0 Å². The lowest BCUT2D eigenvalue weighted by atomic mass is 10.2. The first kappa shape index (κ1) is 13.3. The fourth-order valence-corrected chi connectivity index (χ4v) is 3.22. The van der Waals surface area contributed by atoms with Gasteiger partial charge in [0, 0.05) is 15.0 Å². The summed E-state index contributed by atoms with van der Waals surface area (Å²) in [6.45, 7) is 6.05. The molecule has 0 aliphatic carbocycles. The number of amides is 1. The molecule has 18 heavy (non-hydrogen) atoms. The largest absolute Gasteiger partial charge is 0.321 e. The van der Waals surface area contributed by atoms with Gasteiger partial charge in [-0.2, -0.15) is 0 Å². The Morgan fingerprint density at radius 3 is 2.44 bits per heavy atom. The van der Waals surface area contributed by atoms with Gasteiger partial charge in [-0.1, -0.05) is 15.9 Å². The minimum Gasteiger partial charge on any atom is -0.321 e. The van der Waals surface area contributed by atoms with Crippen LogP contribution in [-0.2, 0) is 0 Å². The summed E-state index contributed by atoms with van der Waals surface area (Å²) in [7, 11) is 0. The third kappa shape index (κ3) is 3.00. The second-order valence-electron chi connectivity index (χ2n) is 4.32. The summed E-state index contributed by atoms with van der Waals surface area (Å²) in [4.78, 5) is 14.0. The van der Waals surface area contributed by atoms with E-state index in [0.717, 1.165) is 26.2 Å². The zero-order valence-electron chi connectivity index (χ0n) is 10.5. The van der Waals surface area contributed by atoms with Crippen molar-refractivity contribution in [3.8, 4) is 0 Å². The predicted molar refractivity (Wildman–Crippen MR) is 80.6 cm³/mol. The number of thiophene rings is 1. The lowest BCUT2D eigenvalue weighted by molar-refractivity contribution is 0.103. The van der Waals surface area contributed by atoms with Crippen molar-refractivity contribution in [2.45, 2.75) is 20.8 Å². The molecule has 0 aliphatic rings. The van der Waals surface area contributed by atoms with Crippen molar-refractivity contribution in [3.63, 3.8) is 0 Å². The van der Waals surface area contributed by atoms with E-state index in [0.29, 0.717) is 0 Å². The van der Waals surface area contributed by atoms with E-state index < -0.39 is 0 Å². The van der Waals surface area contributed by atoms with Crippen LogP contribution in [0.15, 0.2) is 28.7 Å². The highest BCUT2D eigenvalue weighted by molar-refractivity contribution is 9.10. The molecule has 94 valence electrons. The van der Waals surface area contributed by atoms with Crippen molar-refractivity contribution in [1.29, 1.82) is 0 Å². The molecule has 2 rings (SSSR count). The van der Waals surface area contributed by atoms with Crippen LogP contribution < -0.4 is 5.32 Å². The van der Waals surface area contributed by atoms with E-state index in [4.69, 9.17) is 0 Å². The standard InChI is InChI=1S/C14H14BrNOS/c1-8-4-11(15)7-12(5-8)16-14(17)13-6-9(2)10(3)18-13/h4-7H,1-3H3,(H,16,17). The maximum atomic E-state index is 12.1. The molecule has 0 saturated heterocycles. The minimum atomic E-state index is -0.0475. The average molecular weight is 324 g/mol. The first-order valence-electron chi connectivity index (χ1n) is 5.61. The summed E-state index contributed by atoms with van der Waals surface area (Å²) in [6, 6.07) is 7.80. The first-order chi connectivity index (χ1) is 8.45. The Bertz CT molecular complexity index is 564. The smallest absolute Gasteiger partial charge is 0.265 e. The van der Waals surface area contributed by atoms with Gasteiger partial charge >= 0.3 is 0 Å². The quantitative estimate of drug-likeness (QED) is 0.853. The Kier molecular flexibility index (Phi) is 3.88. The molecule has 1 N–H and O–H groups in total. The van der Waals surface area contributed by atoms with Gasteiger partial charge in [0.2, 0.25) is 0 Å². The van der Waals surface area contributed by atoms with Gasteiger partial charge < -0.3 is 5.32 Å². The lowest BCUT2D eigenvalue weighted by Gasteiger charge is -2.05. The normalized spacial score (nSPS) is 10.4. The Balaban J connectivity index is 2.21. The Hall–Kier alpha value is -1.13. The summed E-state index contributed by atoms with van der Waals surface area (Å²) in [5.74, 6) is -0.0475. The number of halogens is 1. The van der Waals surface area contributed by atoms with Crippen molar-refractivity contribution >= 4 is 38.9 Å². The van der Waals surface area contributed by atoms with Crippen LogP contribution in [0, 0.1) is 20.8 Å². The minimum absolute atomic E-state index is 0.0475. The molecule has 2 nitrogen and oxygen atoms in total. The molecule has 0 fully saturated rings. The van der Waals surface area contributed by atoms with Gasteiger partial charge in [0.15, 0.2) is 0 Å². The molecule has 4 heteroatoms. The van der Waals surface area contributed by atoms with Crippen molar-refractivity contribution in [1.82, 2.24) is 0 Å². The molecule has 0 aliphatic heterocycles. The van der Waals surface area contributed by atoms with Crippen LogP contribution in [0.1, 0.15) is 25.7 Å². The van der Waals surface area contributed by atoms with E-state index in [1.807, 2.05) is 45.0 Å².